The Morgan fingerprint density at radius 2 is 1.81 bits per heavy atom. The van der Waals surface area contributed by atoms with Crippen molar-refractivity contribution in [1.82, 2.24) is 10.2 Å². The number of methoxy groups -OCH3 is 1. The van der Waals surface area contributed by atoms with Crippen LogP contribution in [0, 0.1) is 0 Å². The Morgan fingerprint density at radius 3 is 2.41 bits per heavy atom. The zero-order chi connectivity index (χ0) is 23.5. The van der Waals surface area contributed by atoms with E-state index in [4.69, 9.17) is 16.3 Å². The lowest BCUT2D eigenvalue weighted by Gasteiger charge is -2.31. The first-order chi connectivity index (χ1) is 15.4. The first-order valence-corrected chi connectivity index (χ1v) is 12.5. The lowest BCUT2D eigenvalue weighted by atomic mass is 10.1. The summed E-state index contributed by atoms with van der Waals surface area (Å²) >= 11 is 7.58. The molecule has 2 amide bonds. The van der Waals surface area contributed by atoms with Gasteiger partial charge in [0.15, 0.2) is 0 Å². The SMILES string of the molecule is CC[C@H](C)NC(=O)[C@H](CC)N(Cc1ccc(OC)cc1)C(=O)CSCc1cccc(Cl)c1. The van der Waals surface area contributed by atoms with Gasteiger partial charge in [0.25, 0.3) is 0 Å². The normalized spacial score (nSPS) is 12.7. The molecule has 0 unspecified atom stereocenters. The van der Waals surface area contributed by atoms with Gasteiger partial charge in [-0.3, -0.25) is 9.59 Å². The van der Waals surface area contributed by atoms with Gasteiger partial charge in [0.05, 0.1) is 12.9 Å². The maximum absolute atomic E-state index is 13.3. The van der Waals surface area contributed by atoms with Crippen molar-refractivity contribution in [2.45, 2.75) is 58.0 Å². The van der Waals surface area contributed by atoms with Gasteiger partial charge >= 0.3 is 0 Å². The Kier molecular flexibility index (Phi) is 10.9. The van der Waals surface area contributed by atoms with E-state index in [0.717, 1.165) is 23.3 Å². The van der Waals surface area contributed by atoms with Gasteiger partial charge in [0, 0.05) is 23.4 Å². The molecule has 0 saturated carbocycles. The third kappa shape index (κ3) is 8.06. The van der Waals surface area contributed by atoms with Crippen molar-refractivity contribution < 1.29 is 14.3 Å². The van der Waals surface area contributed by atoms with Gasteiger partial charge in [0.2, 0.25) is 11.8 Å². The highest BCUT2D eigenvalue weighted by Crippen LogP contribution is 2.20. The second kappa shape index (κ2) is 13.4. The van der Waals surface area contributed by atoms with Crippen LogP contribution in [0.2, 0.25) is 5.02 Å². The number of hydrogen-bond acceptors (Lipinski definition) is 4. The summed E-state index contributed by atoms with van der Waals surface area (Å²) in [6, 6.07) is 14.8. The Hall–Kier alpha value is -2.18. The van der Waals surface area contributed by atoms with Crippen LogP contribution >= 0.6 is 23.4 Å². The Bertz CT molecular complexity index is 876. The highest BCUT2D eigenvalue weighted by molar-refractivity contribution is 7.99. The average Bonchev–Trinajstić information content (AvgIpc) is 2.79. The molecule has 0 aromatic heterocycles. The number of ether oxygens (including phenoxy) is 1. The van der Waals surface area contributed by atoms with Crippen LogP contribution in [0.25, 0.3) is 0 Å². The first-order valence-electron chi connectivity index (χ1n) is 10.9. The van der Waals surface area contributed by atoms with Gasteiger partial charge in [-0.15, -0.1) is 11.8 Å². The third-order valence-electron chi connectivity index (χ3n) is 5.28. The summed E-state index contributed by atoms with van der Waals surface area (Å²) in [4.78, 5) is 27.9. The predicted molar refractivity (Wildman–Crippen MR) is 133 cm³/mol. The molecule has 2 aromatic carbocycles. The number of carbonyl (C=O) groups excluding carboxylic acids is 2. The van der Waals surface area contributed by atoms with E-state index in [2.05, 4.69) is 5.32 Å². The number of rotatable bonds is 12. The lowest BCUT2D eigenvalue weighted by molar-refractivity contribution is -0.139. The molecule has 2 rings (SSSR count). The monoisotopic (exact) mass is 476 g/mol. The fraction of sp³-hybridized carbons (Fsp3) is 0.440. The van der Waals surface area contributed by atoms with E-state index < -0.39 is 6.04 Å². The van der Waals surface area contributed by atoms with E-state index >= 15 is 0 Å². The van der Waals surface area contributed by atoms with Crippen molar-refractivity contribution in [2.75, 3.05) is 12.9 Å². The molecule has 0 aliphatic rings. The van der Waals surface area contributed by atoms with E-state index in [0.29, 0.717) is 23.7 Å². The molecule has 0 radical (unpaired) electrons. The lowest BCUT2D eigenvalue weighted by Crippen LogP contribution is -2.51. The number of halogens is 1. The molecule has 0 fully saturated rings. The third-order valence-corrected chi connectivity index (χ3v) is 6.51. The van der Waals surface area contributed by atoms with Crippen molar-refractivity contribution in [3.05, 3.63) is 64.7 Å². The molecular weight excluding hydrogens is 444 g/mol. The summed E-state index contributed by atoms with van der Waals surface area (Å²) in [7, 11) is 1.62. The number of benzene rings is 2. The maximum Gasteiger partial charge on any atom is 0.243 e. The van der Waals surface area contributed by atoms with Crippen LogP contribution in [0.3, 0.4) is 0 Å². The molecule has 0 saturated heterocycles. The van der Waals surface area contributed by atoms with Gasteiger partial charge in [-0.1, -0.05) is 49.7 Å². The van der Waals surface area contributed by atoms with Crippen LogP contribution in [-0.4, -0.2) is 41.7 Å². The van der Waals surface area contributed by atoms with Crippen molar-refractivity contribution in [3.8, 4) is 5.75 Å². The van der Waals surface area contributed by atoms with Crippen molar-refractivity contribution in [2.24, 2.45) is 0 Å². The summed E-state index contributed by atoms with van der Waals surface area (Å²) in [5, 5.41) is 3.72. The predicted octanol–water partition coefficient (Wildman–Crippen LogP) is 5.30. The molecule has 0 aliphatic carbocycles. The summed E-state index contributed by atoms with van der Waals surface area (Å²) in [5.41, 5.74) is 2.02. The molecule has 0 bridgehead atoms. The summed E-state index contributed by atoms with van der Waals surface area (Å²) < 4.78 is 5.23. The largest absolute Gasteiger partial charge is 0.497 e. The molecule has 0 heterocycles. The van der Waals surface area contributed by atoms with Crippen molar-refractivity contribution >= 4 is 35.2 Å². The van der Waals surface area contributed by atoms with Gasteiger partial charge in [0.1, 0.15) is 11.8 Å². The van der Waals surface area contributed by atoms with Gasteiger partial charge < -0.3 is 15.0 Å². The highest BCUT2D eigenvalue weighted by Gasteiger charge is 2.29. The van der Waals surface area contributed by atoms with E-state index in [1.54, 1.807) is 12.0 Å². The summed E-state index contributed by atoms with van der Waals surface area (Å²) in [6.07, 6.45) is 1.38. The Balaban J connectivity index is 2.14. The maximum atomic E-state index is 13.3. The fourth-order valence-corrected chi connectivity index (χ4v) is 4.32. The second-order valence-corrected chi connectivity index (χ2v) is 9.16. The average molecular weight is 477 g/mol. The molecule has 0 aliphatic heterocycles. The van der Waals surface area contributed by atoms with Crippen molar-refractivity contribution in [3.63, 3.8) is 0 Å². The molecule has 1 N–H and O–H groups in total. The second-order valence-electron chi connectivity index (χ2n) is 7.73. The quantitative estimate of drug-likeness (QED) is 0.451. The van der Waals surface area contributed by atoms with E-state index in [-0.39, 0.29) is 23.6 Å². The number of amides is 2. The minimum Gasteiger partial charge on any atom is -0.497 e. The molecule has 7 heteroatoms. The van der Waals surface area contributed by atoms with Crippen LogP contribution < -0.4 is 10.1 Å². The standard InChI is InChI=1S/C25H33ClN2O3S/c1-5-18(3)27-25(30)23(6-2)28(15-19-10-12-22(31-4)13-11-19)24(29)17-32-16-20-8-7-9-21(26)14-20/h7-14,18,23H,5-6,15-17H2,1-4H3,(H,27,30)/t18-,23-/m0/s1. The zero-order valence-electron chi connectivity index (χ0n) is 19.3. The van der Waals surface area contributed by atoms with Crippen LogP contribution in [0.1, 0.15) is 44.7 Å². The van der Waals surface area contributed by atoms with Gasteiger partial charge in [-0.25, -0.2) is 0 Å². The van der Waals surface area contributed by atoms with E-state index in [9.17, 15) is 9.59 Å². The summed E-state index contributed by atoms with van der Waals surface area (Å²) in [6.45, 7) is 6.31. The van der Waals surface area contributed by atoms with Gasteiger partial charge in [-0.2, -0.15) is 0 Å². The fourth-order valence-electron chi connectivity index (χ4n) is 3.25. The number of thioether (sulfide) groups is 1. The van der Waals surface area contributed by atoms with Crippen LogP contribution in [0.15, 0.2) is 48.5 Å². The topological polar surface area (TPSA) is 58.6 Å². The Morgan fingerprint density at radius 1 is 1.09 bits per heavy atom. The molecule has 32 heavy (non-hydrogen) atoms. The minimum absolute atomic E-state index is 0.0565. The zero-order valence-corrected chi connectivity index (χ0v) is 20.8. The van der Waals surface area contributed by atoms with Crippen LogP contribution in [-0.2, 0) is 21.9 Å². The highest BCUT2D eigenvalue weighted by atomic mass is 35.5. The molecule has 2 aromatic rings. The van der Waals surface area contributed by atoms with Gasteiger partial charge in [-0.05, 0) is 55.2 Å². The van der Waals surface area contributed by atoms with E-state index in [1.165, 1.54) is 11.8 Å². The number of carbonyl (C=O) groups is 2. The smallest absolute Gasteiger partial charge is 0.243 e. The number of nitrogens with zero attached hydrogens (tertiary/aromatic N) is 1. The van der Waals surface area contributed by atoms with Crippen LogP contribution in [0.5, 0.6) is 5.75 Å². The molecule has 0 spiro atoms. The first kappa shape index (κ1) is 26.1. The Labute approximate surface area is 200 Å². The van der Waals surface area contributed by atoms with E-state index in [1.807, 2.05) is 69.3 Å². The number of nitrogens with one attached hydrogen (secondary N) is 1. The van der Waals surface area contributed by atoms with Crippen molar-refractivity contribution in [1.29, 1.82) is 0 Å². The number of hydrogen-bond donors (Lipinski definition) is 1. The molecular formula is C25H33ClN2O3S. The minimum atomic E-state index is -0.523. The van der Waals surface area contributed by atoms with Crippen LogP contribution in [0.4, 0.5) is 0 Å². The molecule has 174 valence electrons. The summed E-state index contributed by atoms with van der Waals surface area (Å²) in [5.74, 6) is 1.56. The molecule has 5 nitrogen and oxygen atoms in total. The molecule has 2 atom stereocenters.